The SMILES string of the molecule is CCOC(=O)c1cc(N)ccc1NC1CCS(=O)CC1. The number of benzene rings is 1. The Morgan fingerprint density at radius 1 is 1.45 bits per heavy atom. The quantitative estimate of drug-likeness (QED) is 0.653. The summed E-state index contributed by atoms with van der Waals surface area (Å²) in [6.45, 7) is 2.10. The molecule has 3 N–H and O–H groups in total. The van der Waals surface area contributed by atoms with Crippen LogP contribution in [0.25, 0.3) is 0 Å². The standard InChI is InChI=1S/C14H20N2O3S/c1-2-19-14(17)12-9-10(15)3-4-13(12)16-11-5-7-20(18)8-6-11/h3-4,9,11,16H,2,5-8,15H2,1H3. The van der Waals surface area contributed by atoms with Gasteiger partial charge in [-0.3, -0.25) is 4.21 Å². The van der Waals surface area contributed by atoms with Gasteiger partial charge in [0.25, 0.3) is 0 Å². The van der Waals surface area contributed by atoms with Gasteiger partial charge in [-0.2, -0.15) is 0 Å². The molecule has 0 spiro atoms. The van der Waals surface area contributed by atoms with Crippen LogP contribution in [0.2, 0.25) is 0 Å². The first kappa shape index (κ1) is 14.8. The van der Waals surface area contributed by atoms with E-state index in [1.165, 1.54) is 0 Å². The van der Waals surface area contributed by atoms with Crippen molar-refractivity contribution in [3.63, 3.8) is 0 Å². The number of nitrogens with two attached hydrogens (primary N) is 1. The molecule has 1 aliphatic rings. The Morgan fingerprint density at radius 2 is 2.15 bits per heavy atom. The fourth-order valence-electron chi connectivity index (χ4n) is 2.22. The lowest BCUT2D eigenvalue weighted by atomic mass is 10.1. The van der Waals surface area contributed by atoms with Crippen molar-refractivity contribution in [2.75, 3.05) is 29.2 Å². The van der Waals surface area contributed by atoms with Gasteiger partial charge in [-0.1, -0.05) is 0 Å². The zero-order chi connectivity index (χ0) is 14.5. The summed E-state index contributed by atoms with van der Waals surface area (Å²) in [5.74, 6) is 1.05. The third kappa shape index (κ3) is 3.72. The van der Waals surface area contributed by atoms with E-state index < -0.39 is 10.8 Å². The number of anilines is 2. The summed E-state index contributed by atoms with van der Waals surface area (Å²) in [7, 11) is -0.691. The Labute approximate surface area is 121 Å². The second-order valence-corrected chi connectivity index (χ2v) is 6.49. The number of ether oxygens (including phenoxy) is 1. The van der Waals surface area contributed by atoms with Crippen molar-refractivity contribution >= 4 is 28.1 Å². The van der Waals surface area contributed by atoms with Crippen LogP contribution in [0.1, 0.15) is 30.1 Å². The highest BCUT2D eigenvalue weighted by molar-refractivity contribution is 7.85. The molecular formula is C14H20N2O3S. The first-order valence-corrected chi connectivity index (χ1v) is 8.27. The molecule has 1 saturated heterocycles. The van der Waals surface area contributed by atoms with E-state index in [1.807, 2.05) is 0 Å². The molecule has 1 aromatic carbocycles. The Balaban J connectivity index is 2.14. The van der Waals surface area contributed by atoms with Gasteiger partial charge in [0.2, 0.25) is 0 Å². The number of carbonyl (C=O) groups is 1. The number of rotatable bonds is 4. The lowest BCUT2D eigenvalue weighted by Gasteiger charge is -2.24. The predicted octanol–water partition coefficient (Wildman–Crippen LogP) is 1.77. The van der Waals surface area contributed by atoms with Crippen LogP contribution in [0.4, 0.5) is 11.4 Å². The van der Waals surface area contributed by atoms with Crippen molar-refractivity contribution in [2.45, 2.75) is 25.8 Å². The second kappa shape index (κ2) is 6.74. The topological polar surface area (TPSA) is 81.4 Å². The predicted molar refractivity (Wildman–Crippen MR) is 81.3 cm³/mol. The smallest absolute Gasteiger partial charge is 0.340 e. The minimum absolute atomic E-state index is 0.240. The maximum atomic E-state index is 11.9. The van der Waals surface area contributed by atoms with Crippen LogP contribution in [-0.2, 0) is 15.5 Å². The van der Waals surface area contributed by atoms with E-state index in [0.717, 1.165) is 18.5 Å². The van der Waals surface area contributed by atoms with Crippen molar-refractivity contribution in [3.8, 4) is 0 Å². The summed E-state index contributed by atoms with van der Waals surface area (Å²) in [6, 6.07) is 5.42. The molecule has 1 aromatic rings. The molecule has 2 rings (SSSR count). The summed E-state index contributed by atoms with van der Waals surface area (Å²) in [5, 5.41) is 3.35. The molecule has 0 amide bonds. The van der Waals surface area contributed by atoms with Gasteiger partial charge < -0.3 is 15.8 Å². The van der Waals surface area contributed by atoms with Crippen LogP contribution in [0, 0.1) is 0 Å². The van der Waals surface area contributed by atoms with E-state index in [2.05, 4.69) is 5.32 Å². The fraction of sp³-hybridized carbons (Fsp3) is 0.500. The average Bonchev–Trinajstić information content (AvgIpc) is 2.43. The highest BCUT2D eigenvalue weighted by Crippen LogP contribution is 2.23. The molecule has 5 nitrogen and oxygen atoms in total. The van der Waals surface area contributed by atoms with Gasteiger partial charge in [0.1, 0.15) is 0 Å². The van der Waals surface area contributed by atoms with Crippen molar-refractivity contribution in [2.24, 2.45) is 0 Å². The maximum absolute atomic E-state index is 11.9. The first-order chi connectivity index (χ1) is 9.60. The Kier molecular flexibility index (Phi) is 5.00. The maximum Gasteiger partial charge on any atom is 0.340 e. The van der Waals surface area contributed by atoms with Crippen LogP contribution in [-0.4, -0.2) is 34.3 Å². The largest absolute Gasteiger partial charge is 0.462 e. The molecule has 0 bridgehead atoms. The molecule has 0 saturated carbocycles. The van der Waals surface area contributed by atoms with Gasteiger partial charge in [0.05, 0.1) is 12.2 Å². The lowest BCUT2D eigenvalue weighted by Crippen LogP contribution is -2.30. The van der Waals surface area contributed by atoms with E-state index >= 15 is 0 Å². The molecule has 110 valence electrons. The summed E-state index contributed by atoms with van der Waals surface area (Å²) in [5.41, 5.74) is 7.46. The summed E-state index contributed by atoms with van der Waals surface area (Å²) in [4.78, 5) is 11.9. The molecule has 0 radical (unpaired) electrons. The second-order valence-electron chi connectivity index (χ2n) is 4.79. The van der Waals surface area contributed by atoms with Gasteiger partial charge in [-0.05, 0) is 38.0 Å². The Hall–Kier alpha value is -1.56. The molecule has 0 aliphatic carbocycles. The van der Waals surface area contributed by atoms with E-state index in [9.17, 15) is 9.00 Å². The third-order valence-corrected chi connectivity index (χ3v) is 4.67. The van der Waals surface area contributed by atoms with E-state index in [1.54, 1.807) is 25.1 Å². The van der Waals surface area contributed by atoms with E-state index in [4.69, 9.17) is 10.5 Å². The van der Waals surface area contributed by atoms with Crippen molar-refractivity contribution < 1.29 is 13.7 Å². The molecule has 1 fully saturated rings. The molecule has 0 aromatic heterocycles. The normalized spacial score (nSPS) is 22.2. The minimum Gasteiger partial charge on any atom is -0.462 e. The minimum atomic E-state index is -0.691. The Morgan fingerprint density at radius 3 is 2.80 bits per heavy atom. The molecular weight excluding hydrogens is 276 g/mol. The van der Waals surface area contributed by atoms with Gasteiger partial charge in [-0.25, -0.2) is 4.79 Å². The van der Waals surface area contributed by atoms with Gasteiger partial charge in [-0.15, -0.1) is 0 Å². The first-order valence-electron chi connectivity index (χ1n) is 6.78. The third-order valence-electron chi connectivity index (χ3n) is 3.29. The lowest BCUT2D eigenvalue weighted by molar-refractivity contribution is 0.0527. The molecule has 0 unspecified atom stereocenters. The zero-order valence-electron chi connectivity index (χ0n) is 11.6. The number of hydrogen-bond acceptors (Lipinski definition) is 5. The van der Waals surface area contributed by atoms with Crippen LogP contribution in [0.15, 0.2) is 18.2 Å². The van der Waals surface area contributed by atoms with Crippen LogP contribution >= 0.6 is 0 Å². The van der Waals surface area contributed by atoms with Crippen LogP contribution in [0.5, 0.6) is 0 Å². The molecule has 1 aliphatic heterocycles. The fourth-order valence-corrected chi connectivity index (χ4v) is 3.52. The number of carbonyl (C=O) groups excluding carboxylic acids is 1. The average molecular weight is 296 g/mol. The van der Waals surface area contributed by atoms with Crippen molar-refractivity contribution in [1.82, 2.24) is 0 Å². The monoisotopic (exact) mass is 296 g/mol. The van der Waals surface area contributed by atoms with E-state index in [0.29, 0.717) is 29.4 Å². The van der Waals surface area contributed by atoms with Crippen LogP contribution < -0.4 is 11.1 Å². The highest BCUT2D eigenvalue weighted by atomic mass is 32.2. The summed E-state index contributed by atoms with van der Waals surface area (Å²) in [6.07, 6.45) is 1.69. The van der Waals surface area contributed by atoms with Crippen molar-refractivity contribution in [1.29, 1.82) is 0 Å². The van der Waals surface area contributed by atoms with E-state index in [-0.39, 0.29) is 12.0 Å². The zero-order valence-corrected chi connectivity index (χ0v) is 12.4. The summed E-state index contributed by atoms with van der Waals surface area (Å²) < 4.78 is 16.4. The number of nitrogens with one attached hydrogen (secondary N) is 1. The van der Waals surface area contributed by atoms with Gasteiger partial charge in [0, 0.05) is 39.7 Å². The Bertz CT molecular complexity index is 509. The highest BCUT2D eigenvalue weighted by Gasteiger charge is 2.20. The summed E-state index contributed by atoms with van der Waals surface area (Å²) >= 11 is 0. The molecule has 1 heterocycles. The van der Waals surface area contributed by atoms with Gasteiger partial charge in [0.15, 0.2) is 0 Å². The number of nitrogen functional groups attached to an aromatic ring is 1. The van der Waals surface area contributed by atoms with Gasteiger partial charge >= 0.3 is 5.97 Å². The van der Waals surface area contributed by atoms with Crippen LogP contribution in [0.3, 0.4) is 0 Å². The molecule has 6 heteroatoms. The molecule has 20 heavy (non-hydrogen) atoms. The van der Waals surface area contributed by atoms with Crippen molar-refractivity contribution in [3.05, 3.63) is 23.8 Å². The number of hydrogen-bond donors (Lipinski definition) is 2. The molecule has 0 atom stereocenters. The number of esters is 1.